The molecule has 0 aliphatic carbocycles. The van der Waals surface area contributed by atoms with Gasteiger partial charge in [-0.05, 0) is 35.9 Å². The third-order valence-electron chi connectivity index (χ3n) is 2.85. The molecule has 0 amide bonds. The highest BCUT2D eigenvalue weighted by Gasteiger charge is 2.30. The van der Waals surface area contributed by atoms with Crippen LogP contribution in [-0.2, 0) is 21.8 Å². The second kappa shape index (κ2) is 5.40. The van der Waals surface area contributed by atoms with E-state index in [0.717, 1.165) is 12.1 Å². The van der Waals surface area contributed by atoms with Gasteiger partial charge in [-0.2, -0.15) is 13.2 Å². The minimum absolute atomic E-state index is 0.0223. The summed E-state index contributed by atoms with van der Waals surface area (Å²) in [6, 6.07) is 9.81. The molecule has 0 aromatic heterocycles. The van der Waals surface area contributed by atoms with Gasteiger partial charge in [-0.3, -0.25) is 0 Å². The van der Waals surface area contributed by atoms with Gasteiger partial charge in [-0.1, -0.05) is 18.2 Å². The molecule has 0 aliphatic rings. The smallest absolute Gasteiger partial charge is 0.399 e. The second-order valence-electron chi connectivity index (χ2n) is 4.53. The second-order valence-corrected chi connectivity index (χ2v) is 6.52. The third kappa shape index (κ3) is 3.75. The van der Waals surface area contributed by atoms with E-state index in [9.17, 15) is 21.6 Å². The predicted molar refractivity (Wildman–Crippen MR) is 73.2 cm³/mol. The lowest BCUT2D eigenvalue weighted by Gasteiger charge is -2.09. The number of anilines is 1. The summed E-state index contributed by atoms with van der Waals surface area (Å²) in [7, 11) is -3.72. The molecule has 3 nitrogen and oxygen atoms in total. The molecule has 21 heavy (non-hydrogen) atoms. The number of hydrogen-bond acceptors (Lipinski definition) is 3. The Kier molecular flexibility index (Phi) is 3.95. The van der Waals surface area contributed by atoms with Crippen LogP contribution in [-0.4, -0.2) is 8.42 Å². The molecule has 7 heteroatoms. The summed E-state index contributed by atoms with van der Waals surface area (Å²) in [6.07, 6.45) is -4.50. The monoisotopic (exact) mass is 315 g/mol. The van der Waals surface area contributed by atoms with E-state index in [4.69, 9.17) is 5.73 Å². The Labute approximate surface area is 120 Å². The summed E-state index contributed by atoms with van der Waals surface area (Å²) in [6.45, 7) is 0. The number of benzene rings is 2. The van der Waals surface area contributed by atoms with Crippen molar-refractivity contribution >= 4 is 15.5 Å². The fourth-order valence-corrected chi connectivity index (χ4v) is 3.15. The van der Waals surface area contributed by atoms with E-state index in [1.54, 1.807) is 0 Å². The molecule has 0 saturated carbocycles. The van der Waals surface area contributed by atoms with Crippen molar-refractivity contribution in [3.8, 4) is 0 Å². The number of halogens is 3. The Morgan fingerprint density at radius 2 is 1.62 bits per heavy atom. The van der Waals surface area contributed by atoms with Gasteiger partial charge in [0.05, 0.1) is 16.2 Å². The van der Waals surface area contributed by atoms with E-state index in [1.165, 1.54) is 36.4 Å². The summed E-state index contributed by atoms with van der Waals surface area (Å²) in [5, 5.41) is 0. The minimum atomic E-state index is -4.50. The van der Waals surface area contributed by atoms with Crippen molar-refractivity contribution in [2.75, 3.05) is 5.73 Å². The average Bonchev–Trinajstić information content (AvgIpc) is 2.38. The van der Waals surface area contributed by atoms with Gasteiger partial charge >= 0.3 is 6.18 Å². The van der Waals surface area contributed by atoms with Gasteiger partial charge in [0.25, 0.3) is 0 Å². The van der Waals surface area contributed by atoms with Crippen molar-refractivity contribution in [3.05, 3.63) is 59.7 Å². The summed E-state index contributed by atoms with van der Waals surface area (Å²) >= 11 is 0. The van der Waals surface area contributed by atoms with Crippen LogP contribution in [0.5, 0.6) is 0 Å². The third-order valence-corrected chi connectivity index (χ3v) is 4.55. The first-order valence-corrected chi connectivity index (χ1v) is 7.58. The maximum atomic E-state index is 12.6. The van der Waals surface area contributed by atoms with Gasteiger partial charge in [0.2, 0.25) is 0 Å². The van der Waals surface area contributed by atoms with Crippen molar-refractivity contribution in [1.82, 2.24) is 0 Å². The summed E-state index contributed by atoms with van der Waals surface area (Å²) in [5.74, 6) is -0.499. The van der Waals surface area contributed by atoms with Gasteiger partial charge in [-0.25, -0.2) is 8.42 Å². The molecular weight excluding hydrogens is 303 g/mol. The van der Waals surface area contributed by atoms with Gasteiger partial charge in [0.15, 0.2) is 9.84 Å². The number of rotatable bonds is 3. The number of nitrogens with two attached hydrogens (primary N) is 1. The van der Waals surface area contributed by atoms with E-state index in [0.29, 0.717) is 5.69 Å². The molecule has 0 radical (unpaired) electrons. The van der Waals surface area contributed by atoms with E-state index in [-0.39, 0.29) is 10.5 Å². The molecule has 0 atom stereocenters. The molecule has 2 N–H and O–H groups in total. The zero-order chi connectivity index (χ0) is 15.7. The maximum Gasteiger partial charge on any atom is 0.416 e. The summed E-state index contributed by atoms with van der Waals surface area (Å²) in [5.41, 5.74) is 5.10. The molecule has 0 spiro atoms. The van der Waals surface area contributed by atoms with Crippen LogP contribution in [0.2, 0.25) is 0 Å². The fourth-order valence-electron chi connectivity index (χ4n) is 1.82. The van der Waals surface area contributed by atoms with Crippen molar-refractivity contribution < 1.29 is 21.6 Å². The molecule has 2 aromatic rings. The fraction of sp³-hybridized carbons (Fsp3) is 0.143. The molecule has 0 heterocycles. The van der Waals surface area contributed by atoms with E-state index in [1.807, 2.05) is 0 Å². The van der Waals surface area contributed by atoms with Crippen molar-refractivity contribution in [2.45, 2.75) is 16.8 Å². The number of alkyl halides is 3. The van der Waals surface area contributed by atoms with Crippen LogP contribution in [0.25, 0.3) is 0 Å². The summed E-state index contributed by atoms with van der Waals surface area (Å²) in [4.78, 5) is 0.0223. The topological polar surface area (TPSA) is 60.2 Å². The molecule has 0 unspecified atom stereocenters. The van der Waals surface area contributed by atoms with Gasteiger partial charge in [0, 0.05) is 5.69 Å². The SMILES string of the molecule is Nc1ccc(S(=O)(=O)Cc2cccc(C(F)(F)F)c2)cc1. The first kappa shape index (κ1) is 15.4. The first-order valence-electron chi connectivity index (χ1n) is 5.93. The van der Waals surface area contributed by atoms with Crippen LogP contribution < -0.4 is 5.73 Å². The van der Waals surface area contributed by atoms with Gasteiger partial charge in [0.1, 0.15) is 0 Å². The number of nitrogen functional groups attached to an aromatic ring is 1. The predicted octanol–water partition coefficient (Wildman–Crippen LogP) is 3.26. The number of hydrogen-bond donors (Lipinski definition) is 1. The van der Waals surface area contributed by atoms with E-state index >= 15 is 0 Å². The standard InChI is InChI=1S/C14H12F3NO2S/c15-14(16,17)11-3-1-2-10(8-11)9-21(19,20)13-6-4-12(18)5-7-13/h1-8H,9,18H2. The van der Waals surface area contributed by atoms with Gasteiger partial charge in [-0.15, -0.1) is 0 Å². The molecule has 2 rings (SSSR count). The van der Waals surface area contributed by atoms with Crippen molar-refractivity contribution in [2.24, 2.45) is 0 Å². The number of sulfone groups is 1. The van der Waals surface area contributed by atoms with Crippen LogP contribution in [0, 0.1) is 0 Å². The zero-order valence-electron chi connectivity index (χ0n) is 10.8. The molecule has 112 valence electrons. The van der Waals surface area contributed by atoms with Gasteiger partial charge < -0.3 is 5.73 Å². The highest BCUT2D eigenvalue weighted by Crippen LogP contribution is 2.30. The molecule has 0 saturated heterocycles. The average molecular weight is 315 g/mol. The quantitative estimate of drug-likeness (QED) is 0.884. The lowest BCUT2D eigenvalue weighted by Crippen LogP contribution is -2.08. The highest BCUT2D eigenvalue weighted by atomic mass is 32.2. The van der Waals surface area contributed by atoms with E-state index in [2.05, 4.69) is 0 Å². The van der Waals surface area contributed by atoms with Crippen molar-refractivity contribution in [3.63, 3.8) is 0 Å². The van der Waals surface area contributed by atoms with Crippen LogP contribution in [0.1, 0.15) is 11.1 Å². The van der Waals surface area contributed by atoms with Crippen LogP contribution >= 0.6 is 0 Å². The molecular formula is C14H12F3NO2S. The Morgan fingerprint density at radius 1 is 1.00 bits per heavy atom. The summed E-state index contributed by atoms with van der Waals surface area (Å²) < 4.78 is 62.1. The van der Waals surface area contributed by atoms with Crippen LogP contribution in [0.15, 0.2) is 53.4 Å². The lowest BCUT2D eigenvalue weighted by molar-refractivity contribution is -0.137. The largest absolute Gasteiger partial charge is 0.416 e. The zero-order valence-corrected chi connectivity index (χ0v) is 11.6. The highest BCUT2D eigenvalue weighted by molar-refractivity contribution is 7.90. The normalized spacial score (nSPS) is 12.3. The Morgan fingerprint density at radius 3 is 2.19 bits per heavy atom. The molecule has 0 aliphatic heterocycles. The van der Waals surface area contributed by atoms with E-state index < -0.39 is 27.3 Å². The molecule has 2 aromatic carbocycles. The Hall–Kier alpha value is -2.02. The minimum Gasteiger partial charge on any atom is -0.399 e. The van der Waals surface area contributed by atoms with Crippen molar-refractivity contribution in [1.29, 1.82) is 0 Å². The molecule has 0 fully saturated rings. The molecule has 0 bridgehead atoms. The lowest BCUT2D eigenvalue weighted by atomic mass is 10.1. The Balaban J connectivity index is 2.31. The maximum absolute atomic E-state index is 12.6. The Bertz CT molecular complexity index is 738. The van der Waals surface area contributed by atoms with Crippen LogP contribution in [0.3, 0.4) is 0 Å². The van der Waals surface area contributed by atoms with Crippen LogP contribution in [0.4, 0.5) is 18.9 Å². The first-order chi connectivity index (χ1) is 9.68.